The molecule has 0 saturated carbocycles. The van der Waals surface area contributed by atoms with E-state index in [9.17, 15) is 0 Å². The average molecular weight is 378 g/mol. The molecular weight excluding hydrogens is 352 g/mol. The summed E-state index contributed by atoms with van der Waals surface area (Å²) in [5, 5.41) is 6.42. The van der Waals surface area contributed by atoms with Gasteiger partial charge in [0.05, 0.1) is 18.8 Å². The van der Waals surface area contributed by atoms with E-state index >= 15 is 0 Å². The fourth-order valence-electron chi connectivity index (χ4n) is 2.77. The summed E-state index contributed by atoms with van der Waals surface area (Å²) in [5.74, 6) is 3.02. The van der Waals surface area contributed by atoms with Crippen LogP contribution >= 0.6 is 0 Å². The Labute approximate surface area is 165 Å². The molecule has 6 nitrogen and oxygen atoms in total. The van der Waals surface area contributed by atoms with Crippen LogP contribution in [0.25, 0.3) is 11.1 Å². The van der Waals surface area contributed by atoms with E-state index in [2.05, 4.69) is 38.8 Å². The van der Waals surface area contributed by atoms with Crippen molar-refractivity contribution in [1.82, 2.24) is 15.6 Å². The number of aliphatic imine (C=N–C) groups is 1. The summed E-state index contributed by atoms with van der Waals surface area (Å²) in [6, 6.07) is 18.3. The molecule has 0 aliphatic carbocycles. The maximum absolute atomic E-state index is 5.99. The van der Waals surface area contributed by atoms with Gasteiger partial charge in [0.25, 0.3) is 0 Å². The van der Waals surface area contributed by atoms with E-state index in [1.165, 1.54) is 0 Å². The van der Waals surface area contributed by atoms with Gasteiger partial charge in [0.15, 0.2) is 5.96 Å². The Morgan fingerprint density at radius 2 is 1.79 bits per heavy atom. The minimum atomic E-state index is 0.478. The van der Waals surface area contributed by atoms with Gasteiger partial charge in [0, 0.05) is 12.6 Å². The highest BCUT2D eigenvalue weighted by Gasteiger charge is 2.07. The van der Waals surface area contributed by atoms with Gasteiger partial charge in [-0.25, -0.2) is 4.98 Å². The van der Waals surface area contributed by atoms with Gasteiger partial charge in [-0.15, -0.1) is 0 Å². The number of aromatic nitrogens is 1. The monoisotopic (exact) mass is 378 g/mol. The number of hydrogen-bond donors (Lipinski definition) is 2. The maximum Gasteiger partial charge on any atom is 0.214 e. The van der Waals surface area contributed by atoms with Crippen LogP contribution in [0.4, 0.5) is 0 Å². The summed E-state index contributed by atoms with van der Waals surface area (Å²) in [4.78, 5) is 8.57. The minimum absolute atomic E-state index is 0.478. The number of guanidine groups is 1. The minimum Gasteiger partial charge on any atom is -0.491 e. The summed E-state index contributed by atoms with van der Waals surface area (Å²) in [7, 11) is 1.73. The van der Waals surface area contributed by atoms with Crippen molar-refractivity contribution in [1.29, 1.82) is 0 Å². The lowest BCUT2D eigenvalue weighted by Gasteiger charge is -2.14. The molecule has 1 aromatic heterocycles. The van der Waals surface area contributed by atoms with Gasteiger partial charge >= 0.3 is 0 Å². The standard InChI is InChI=1S/C22H26N4O2/c1-16-17(2)28-21(26-16)15-25-22(23-3)24-13-14-27-20-12-8-7-11-19(20)18-9-5-4-6-10-18/h4-12H,13-15H2,1-3H3,(H2,23,24,25). The molecule has 0 spiro atoms. The zero-order valence-corrected chi connectivity index (χ0v) is 16.5. The number of para-hydroxylation sites is 1. The highest BCUT2D eigenvalue weighted by molar-refractivity contribution is 5.79. The summed E-state index contributed by atoms with van der Waals surface area (Å²) in [6.45, 7) is 5.45. The Hall–Kier alpha value is -3.28. The molecule has 0 aliphatic heterocycles. The van der Waals surface area contributed by atoms with Crippen LogP contribution in [-0.2, 0) is 6.54 Å². The molecule has 0 saturated heterocycles. The van der Waals surface area contributed by atoms with Gasteiger partial charge in [-0.05, 0) is 25.5 Å². The van der Waals surface area contributed by atoms with E-state index < -0.39 is 0 Å². The number of ether oxygens (including phenoxy) is 1. The van der Waals surface area contributed by atoms with E-state index in [-0.39, 0.29) is 0 Å². The van der Waals surface area contributed by atoms with Crippen LogP contribution in [0.5, 0.6) is 5.75 Å². The SMILES string of the molecule is CN=C(NCCOc1ccccc1-c1ccccc1)NCc1nc(C)c(C)o1. The molecule has 146 valence electrons. The van der Waals surface area contributed by atoms with E-state index in [0.29, 0.717) is 31.5 Å². The van der Waals surface area contributed by atoms with Gasteiger partial charge in [0.1, 0.15) is 18.1 Å². The third-order valence-electron chi connectivity index (χ3n) is 4.33. The molecule has 2 aromatic carbocycles. The molecule has 0 amide bonds. The number of aryl methyl sites for hydroxylation is 2. The van der Waals surface area contributed by atoms with Crippen LogP contribution < -0.4 is 15.4 Å². The Morgan fingerprint density at radius 3 is 2.50 bits per heavy atom. The molecule has 28 heavy (non-hydrogen) atoms. The average Bonchev–Trinajstić information content (AvgIpc) is 3.06. The van der Waals surface area contributed by atoms with Crippen LogP contribution in [0, 0.1) is 13.8 Å². The quantitative estimate of drug-likeness (QED) is 0.373. The third kappa shape index (κ3) is 5.13. The predicted octanol–water partition coefficient (Wildman–Crippen LogP) is 3.70. The Balaban J connectivity index is 1.49. The molecule has 2 N–H and O–H groups in total. The van der Waals surface area contributed by atoms with Gasteiger partial charge in [-0.3, -0.25) is 4.99 Å². The van der Waals surface area contributed by atoms with Crippen LogP contribution in [0.15, 0.2) is 64.0 Å². The lowest BCUT2D eigenvalue weighted by molar-refractivity contribution is 0.323. The number of nitrogens with zero attached hydrogens (tertiary/aromatic N) is 2. The van der Waals surface area contributed by atoms with Gasteiger partial charge < -0.3 is 19.8 Å². The van der Waals surface area contributed by atoms with Crippen LogP contribution in [0.1, 0.15) is 17.3 Å². The topological polar surface area (TPSA) is 71.7 Å². The van der Waals surface area contributed by atoms with Crippen molar-refractivity contribution in [2.24, 2.45) is 4.99 Å². The number of oxazole rings is 1. The molecule has 0 aliphatic rings. The second kappa shape index (κ2) is 9.60. The fourth-order valence-corrected chi connectivity index (χ4v) is 2.77. The van der Waals surface area contributed by atoms with Gasteiger partial charge in [-0.2, -0.15) is 0 Å². The molecule has 3 aromatic rings. The Kier molecular flexibility index (Phi) is 6.68. The maximum atomic E-state index is 5.99. The van der Waals surface area contributed by atoms with Crippen LogP contribution in [0.3, 0.4) is 0 Å². The first-order valence-corrected chi connectivity index (χ1v) is 9.32. The molecule has 0 unspecified atom stereocenters. The molecule has 1 heterocycles. The predicted molar refractivity (Wildman–Crippen MR) is 112 cm³/mol. The summed E-state index contributed by atoms with van der Waals surface area (Å²) in [5.41, 5.74) is 3.13. The van der Waals surface area contributed by atoms with Crippen molar-refractivity contribution in [2.45, 2.75) is 20.4 Å². The smallest absolute Gasteiger partial charge is 0.214 e. The van der Waals surface area contributed by atoms with E-state index in [1.807, 2.05) is 50.2 Å². The fraction of sp³-hybridized carbons (Fsp3) is 0.273. The first-order chi connectivity index (χ1) is 13.7. The van der Waals surface area contributed by atoms with E-state index in [1.54, 1.807) is 7.05 Å². The Bertz CT molecular complexity index is 900. The zero-order valence-electron chi connectivity index (χ0n) is 16.5. The highest BCUT2D eigenvalue weighted by atomic mass is 16.5. The second-order valence-corrected chi connectivity index (χ2v) is 6.31. The summed E-state index contributed by atoms with van der Waals surface area (Å²) in [6.07, 6.45) is 0. The molecule has 0 atom stereocenters. The molecule has 0 bridgehead atoms. The zero-order chi connectivity index (χ0) is 19.8. The van der Waals surface area contributed by atoms with Crippen molar-refractivity contribution < 1.29 is 9.15 Å². The first kappa shape index (κ1) is 19.5. The number of benzene rings is 2. The molecule has 3 rings (SSSR count). The van der Waals surface area contributed by atoms with Crippen LogP contribution in [0.2, 0.25) is 0 Å². The number of rotatable bonds is 7. The van der Waals surface area contributed by atoms with Gasteiger partial charge in [0.2, 0.25) is 5.89 Å². The molecule has 0 fully saturated rings. The van der Waals surface area contributed by atoms with Crippen molar-refractivity contribution >= 4 is 5.96 Å². The van der Waals surface area contributed by atoms with Gasteiger partial charge in [-0.1, -0.05) is 48.5 Å². The lowest BCUT2D eigenvalue weighted by atomic mass is 10.1. The highest BCUT2D eigenvalue weighted by Crippen LogP contribution is 2.29. The summed E-state index contributed by atoms with van der Waals surface area (Å²) >= 11 is 0. The Morgan fingerprint density at radius 1 is 1.04 bits per heavy atom. The van der Waals surface area contributed by atoms with Crippen LogP contribution in [-0.4, -0.2) is 31.1 Å². The van der Waals surface area contributed by atoms with Crippen molar-refractivity contribution in [2.75, 3.05) is 20.2 Å². The third-order valence-corrected chi connectivity index (χ3v) is 4.33. The first-order valence-electron chi connectivity index (χ1n) is 9.32. The molecule has 0 radical (unpaired) electrons. The number of nitrogens with one attached hydrogen (secondary N) is 2. The normalized spacial score (nSPS) is 11.3. The van der Waals surface area contributed by atoms with Crippen molar-refractivity contribution in [3.63, 3.8) is 0 Å². The van der Waals surface area contributed by atoms with Crippen molar-refractivity contribution in [3.8, 4) is 16.9 Å². The van der Waals surface area contributed by atoms with E-state index in [4.69, 9.17) is 9.15 Å². The molecule has 6 heteroatoms. The summed E-state index contributed by atoms with van der Waals surface area (Å²) < 4.78 is 11.6. The number of hydrogen-bond acceptors (Lipinski definition) is 4. The largest absolute Gasteiger partial charge is 0.491 e. The van der Waals surface area contributed by atoms with E-state index in [0.717, 1.165) is 28.3 Å². The second-order valence-electron chi connectivity index (χ2n) is 6.31. The lowest BCUT2D eigenvalue weighted by Crippen LogP contribution is -2.39. The van der Waals surface area contributed by atoms with Crippen molar-refractivity contribution in [3.05, 3.63) is 71.9 Å². The molecular formula is C22H26N4O2.